The number of aryl methyl sites for hydroxylation is 1. The third kappa shape index (κ3) is 4.59. The number of aromatic nitrogens is 5. The van der Waals surface area contributed by atoms with E-state index in [4.69, 9.17) is 5.10 Å². The minimum Gasteiger partial charge on any atom is -0.338 e. The smallest absolute Gasteiger partial charge is 0.244 e. The summed E-state index contributed by atoms with van der Waals surface area (Å²) in [5, 5.41) is 4.76. The topological polar surface area (TPSA) is 80.0 Å². The Bertz CT molecular complexity index is 1210. The molecule has 0 radical (unpaired) electrons. The molecule has 1 saturated heterocycles. The van der Waals surface area contributed by atoms with E-state index in [1.165, 1.54) is 0 Å². The monoisotopic (exact) mass is 439 g/mol. The van der Waals surface area contributed by atoms with Crippen molar-refractivity contribution in [3.05, 3.63) is 78.8 Å². The van der Waals surface area contributed by atoms with Crippen LogP contribution in [0.2, 0.25) is 0 Å². The van der Waals surface area contributed by atoms with Crippen molar-refractivity contribution in [3.63, 3.8) is 0 Å². The molecule has 1 aromatic carbocycles. The predicted octanol–water partition coefficient (Wildman–Crippen LogP) is 3.06. The average Bonchev–Trinajstić information content (AvgIpc) is 3.29. The van der Waals surface area contributed by atoms with Crippen molar-refractivity contribution >= 4 is 11.9 Å². The number of piperazine rings is 1. The molecule has 4 aromatic rings. The second-order valence-corrected chi connectivity index (χ2v) is 8.08. The molecule has 4 heterocycles. The molecule has 1 aliphatic rings. The molecule has 1 fully saturated rings. The molecular weight excluding hydrogens is 414 g/mol. The van der Waals surface area contributed by atoms with Crippen molar-refractivity contribution in [1.82, 2.24) is 29.6 Å². The fraction of sp³-hybridized carbons (Fsp3) is 0.240. The van der Waals surface area contributed by atoms with Crippen LogP contribution in [0.1, 0.15) is 5.56 Å². The molecule has 1 amide bonds. The van der Waals surface area contributed by atoms with E-state index < -0.39 is 0 Å². The zero-order valence-electron chi connectivity index (χ0n) is 18.5. The van der Waals surface area contributed by atoms with Gasteiger partial charge in [-0.05, 0) is 36.2 Å². The zero-order valence-corrected chi connectivity index (χ0v) is 18.5. The van der Waals surface area contributed by atoms with Gasteiger partial charge in [-0.3, -0.25) is 14.5 Å². The Kier molecular flexibility index (Phi) is 5.80. The molecule has 0 unspecified atom stereocenters. The molecule has 33 heavy (non-hydrogen) atoms. The van der Waals surface area contributed by atoms with Crippen molar-refractivity contribution in [2.75, 3.05) is 31.1 Å². The van der Waals surface area contributed by atoms with Crippen LogP contribution in [0, 0.1) is 6.92 Å². The highest BCUT2D eigenvalue weighted by molar-refractivity contribution is 5.78. The normalized spacial score (nSPS) is 13.8. The van der Waals surface area contributed by atoms with Gasteiger partial charge in [0.25, 0.3) is 0 Å². The van der Waals surface area contributed by atoms with Gasteiger partial charge in [0, 0.05) is 44.8 Å². The van der Waals surface area contributed by atoms with Crippen molar-refractivity contribution < 1.29 is 4.79 Å². The molecule has 0 saturated carbocycles. The highest BCUT2D eigenvalue weighted by atomic mass is 16.2. The summed E-state index contributed by atoms with van der Waals surface area (Å²) in [6, 6.07) is 17.8. The number of benzene rings is 1. The fourth-order valence-electron chi connectivity index (χ4n) is 3.96. The van der Waals surface area contributed by atoms with Crippen LogP contribution < -0.4 is 4.90 Å². The van der Waals surface area contributed by atoms with Crippen LogP contribution >= 0.6 is 0 Å². The Morgan fingerprint density at radius 2 is 1.64 bits per heavy atom. The first-order chi connectivity index (χ1) is 16.2. The zero-order chi connectivity index (χ0) is 22.6. The maximum Gasteiger partial charge on any atom is 0.244 e. The van der Waals surface area contributed by atoms with Crippen molar-refractivity contribution in [2.24, 2.45) is 0 Å². The molecule has 0 atom stereocenters. The summed E-state index contributed by atoms with van der Waals surface area (Å²) in [5.41, 5.74) is 4.56. The third-order valence-electron chi connectivity index (χ3n) is 5.78. The highest BCUT2D eigenvalue weighted by Crippen LogP contribution is 2.25. The summed E-state index contributed by atoms with van der Waals surface area (Å²) in [4.78, 5) is 30.3. The van der Waals surface area contributed by atoms with Gasteiger partial charge in [-0.2, -0.15) is 5.10 Å². The van der Waals surface area contributed by atoms with E-state index in [2.05, 4.69) is 19.9 Å². The summed E-state index contributed by atoms with van der Waals surface area (Å²) < 4.78 is 1.79. The number of anilines is 1. The lowest BCUT2D eigenvalue weighted by Crippen LogP contribution is -2.50. The number of pyridine rings is 1. The number of nitrogens with zero attached hydrogens (tertiary/aromatic N) is 7. The first-order valence-electron chi connectivity index (χ1n) is 11.0. The summed E-state index contributed by atoms with van der Waals surface area (Å²) in [7, 11) is 0. The van der Waals surface area contributed by atoms with Gasteiger partial charge >= 0.3 is 0 Å². The molecule has 0 spiro atoms. The largest absolute Gasteiger partial charge is 0.338 e. The predicted molar refractivity (Wildman–Crippen MR) is 126 cm³/mol. The Balaban J connectivity index is 1.35. The van der Waals surface area contributed by atoms with E-state index in [0.29, 0.717) is 32.1 Å². The SMILES string of the molecule is Cc1ccc(-c2cc(-c3ccccc3)n(CC(=O)N3CCN(c4ncccn4)CC3)n2)nc1. The fourth-order valence-corrected chi connectivity index (χ4v) is 3.96. The number of rotatable bonds is 5. The van der Waals surface area contributed by atoms with E-state index in [1.807, 2.05) is 66.6 Å². The van der Waals surface area contributed by atoms with Crippen LogP contribution in [-0.2, 0) is 11.3 Å². The molecule has 1 aliphatic heterocycles. The van der Waals surface area contributed by atoms with Crippen LogP contribution in [0.3, 0.4) is 0 Å². The summed E-state index contributed by atoms with van der Waals surface area (Å²) in [5.74, 6) is 0.755. The summed E-state index contributed by atoms with van der Waals surface area (Å²) in [6.45, 7) is 4.86. The van der Waals surface area contributed by atoms with E-state index >= 15 is 0 Å². The number of carbonyl (C=O) groups is 1. The van der Waals surface area contributed by atoms with Gasteiger partial charge in [0.2, 0.25) is 11.9 Å². The lowest BCUT2D eigenvalue weighted by atomic mass is 10.1. The molecule has 5 rings (SSSR count). The van der Waals surface area contributed by atoms with Crippen LogP contribution in [0.25, 0.3) is 22.6 Å². The third-order valence-corrected chi connectivity index (χ3v) is 5.78. The Hall–Kier alpha value is -4.07. The van der Waals surface area contributed by atoms with Gasteiger partial charge in [-0.25, -0.2) is 9.97 Å². The van der Waals surface area contributed by atoms with Gasteiger partial charge in [-0.15, -0.1) is 0 Å². The van der Waals surface area contributed by atoms with E-state index in [0.717, 1.165) is 28.2 Å². The second-order valence-electron chi connectivity index (χ2n) is 8.08. The maximum atomic E-state index is 13.2. The summed E-state index contributed by atoms with van der Waals surface area (Å²) in [6.07, 6.45) is 5.31. The molecule has 0 bridgehead atoms. The second kappa shape index (κ2) is 9.20. The lowest BCUT2D eigenvalue weighted by Gasteiger charge is -2.34. The molecule has 8 heteroatoms. The number of hydrogen-bond donors (Lipinski definition) is 0. The molecule has 3 aromatic heterocycles. The molecule has 8 nitrogen and oxygen atoms in total. The van der Waals surface area contributed by atoms with E-state index in [-0.39, 0.29) is 12.5 Å². The maximum absolute atomic E-state index is 13.2. The molecule has 0 N–H and O–H groups in total. The van der Waals surface area contributed by atoms with Gasteiger partial charge in [-0.1, -0.05) is 36.4 Å². The Morgan fingerprint density at radius 1 is 0.879 bits per heavy atom. The van der Waals surface area contributed by atoms with Crippen LogP contribution in [0.15, 0.2) is 73.2 Å². The number of carbonyl (C=O) groups excluding carboxylic acids is 1. The minimum atomic E-state index is 0.0485. The highest BCUT2D eigenvalue weighted by Gasteiger charge is 2.24. The van der Waals surface area contributed by atoms with E-state index in [1.54, 1.807) is 23.1 Å². The number of amides is 1. The van der Waals surface area contributed by atoms with Gasteiger partial charge in [0.15, 0.2) is 0 Å². The van der Waals surface area contributed by atoms with Crippen LogP contribution in [-0.4, -0.2) is 61.7 Å². The van der Waals surface area contributed by atoms with Crippen LogP contribution in [0.5, 0.6) is 0 Å². The molecule has 0 aliphatic carbocycles. The van der Waals surface area contributed by atoms with Gasteiger partial charge in [0.1, 0.15) is 12.2 Å². The van der Waals surface area contributed by atoms with Crippen molar-refractivity contribution in [1.29, 1.82) is 0 Å². The van der Waals surface area contributed by atoms with Gasteiger partial charge in [0.05, 0.1) is 11.4 Å². The Morgan fingerprint density at radius 3 is 2.33 bits per heavy atom. The van der Waals surface area contributed by atoms with Crippen LogP contribution in [0.4, 0.5) is 5.95 Å². The summed E-state index contributed by atoms with van der Waals surface area (Å²) >= 11 is 0. The molecular formula is C25H25N7O. The van der Waals surface area contributed by atoms with Crippen molar-refractivity contribution in [3.8, 4) is 22.6 Å². The quantitative estimate of drug-likeness (QED) is 0.476. The van der Waals surface area contributed by atoms with Gasteiger partial charge < -0.3 is 9.80 Å². The van der Waals surface area contributed by atoms with Crippen molar-refractivity contribution in [2.45, 2.75) is 13.5 Å². The first-order valence-corrected chi connectivity index (χ1v) is 11.0. The van der Waals surface area contributed by atoms with E-state index in [9.17, 15) is 4.79 Å². The number of hydrogen-bond acceptors (Lipinski definition) is 6. The Labute approximate surface area is 192 Å². The lowest BCUT2D eigenvalue weighted by molar-refractivity contribution is -0.132. The average molecular weight is 440 g/mol. The molecule has 166 valence electrons. The minimum absolute atomic E-state index is 0.0485. The standard InChI is InChI=1S/C25H25N7O/c1-19-8-9-21(28-17-19)22-16-23(20-6-3-2-4-7-20)32(29-22)18-24(33)30-12-14-31(15-13-30)25-26-10-5-11-27-25/h2-11,16-17H,12-15,18H2,1H3. The first kappa shape index (κ1) is 20.8.